The molecule has 6 heteroatoms. The highest BCUT2D eigenvalue weighted by molar-refractivity contribution is 9.10. The molecule has 0 radical (unpaired) electrons. The summed E-state index contributed by atoms with van der Waals surface area (Å²) in [4.78, 5) is 10.1. The Balaban J connectivity index is 2.18. The Kier molecular flexibility index (Phi) is 4.34. The predicted octanol–water partition coefficient (Wildman–Crippen LogP) is 4.42. The van der Waals surface area contributed by atoms with Gasteiger partial charge in [-0.3, -0.25) is 10.1 Å². The molecule has 2 aromatic carbocycles. The number of halogens is 2. The van der Waals surface area contributed by atoms with E-state index in [-0.39, 0.29) is 11.4 Å². The molecule has 0 fully saturated rings. The van der Waals surface area contributed by atoms with Crippen LogP contribution in [0.2, 0.25) is 0 Å². The maximum atomic E-state index is 13.6. The second-order valence-corrected chi connectivity index (χ2v) is 5.22. The van der Waals surface area contributed by atoms with Crippen molar-refractivity contribution in [1.82, 2.24) is 0 Å². The first-order valence-corrected chi connectivity index (χ1v) is 6.69. The lowest BCUT2D eigenvalue weighted by Gasteiger charge is -2.09. The molecule has 0 heterocycles. The largest absolute Gasteiger partial charge is 0.378 e. The Morgan fingerprint density at radius 3 is 2.70 bits per heavy atom. The van der Waals surface area contributed by atoms with Crippen LogP contribution < -0.4 is 5.32 Å². The quantitative estimate of drug-likeness (QED) is 0.663. The molecular weight excluding hydrogens is 327 g/mol. The first-order chi connectivity index (χ1) is 9.47. The Bertz CT molecular complexity index is 662. The highest BCUT2D eigenvalue weighted by Crippen LogP contribution is 2.24. The van der Waals surface area contributed by atoms with Crippen molar-refractivity contribution in [2.24, 2.45) is 0 Å². The standard InChI is InChI=1S/C14H12BrFN2O2/c1-9-2-3-10(12(15)6-9)8-17-14-7-11(18(19)20)4-5-13(14)16/h2-7,17H,8H2,1H3. The number of nitrogens with one attached hydrogen (secondary N) is 1. The number of hydrogen-bond acceptors (Lipinski definition) is 3. The van der Waals surface area contributed by atoms with Crippen molar-refractivity contribution in [2.45, 2.75) is 13.5 Å². The normalized spacial score (nSPS) is 10.3. The molecule has 0 atom stereocenters. The van der Waals surface area contributed by atoms with Crippen LogP contribution in [0.5, 0.6) is 0 Å². The van der Waals surface area contributed by atoms with Gasteiger partial charge in [0.1, 0.15) is 5.82 Å². The van der Waals surface area contributed by atoms with Crippen LogP contribution in [0.3, 0.4) is 0 Å². The fourth-order valence-electron chi connectivity index (χ4n) is 1.75. The van der Waals surface area contributed by atoms with Crippen molar-refractivity contribution in [3.05, 3.63) is 67.9 Å². The molecule has 0 unspecified atom stereocenters. The summed E-state index contributed by atoms with van der Waals surface area (Å²) < 4.78 is 14.5. The summed E-state index contributed by atoms with van der Waals surface area (Å²) in [5, 5.41) is 13.6. The summed E-state index contributed by atoms with van der Waals surface area (Å²) >= 11 is 3.43. The van der Waals surface area contributed by atoms with E-state index < -0.39 is 10.7 Å². The highest BCUT2D eigenvalue weighted by Gasteiger charge is 2.11. The maximum Gasteiger partial charge on any atom is 0.271 e. The van der Waals surface area contributed by atoms with E-state index in [9.17, 15) is 14.5 Å². The molecule has 0 aromatic heterocycles. The first kappa shape index (κ1) is 14.5. The zero-order valence-electron chi connectivity index (χ0n) is 10.7. The summed E-state index contributed by atoms with van der Waals surface area (Å²) in [5.41, 5.74) is 2.03. The molecule has 0 aliphatic heterocycles. The smallest absolute Gasteiger partial charge is 0.271 e. The number of nitro benzene ring substituents is 1. The molecule has 4 nitrogen and oxygen atoms in total. The predicted molar refractivity (Wildman–Crippen MR) is 79.3 cm³/mol. The van der Waals surface area contributed by atoms with Crippen molar-refractivity contribution in [3.8, 4) is 0 Å². The van der Waals surface area contributed by atoms with E-state index >= 15 is 0 Å². The van der Waals surface area contributed by atoms with Gasteiger partial charge < -0.3 is 5.32 Å². The van der Waals surface area contributed by atoms with Crippen LogP contribution in [-0.4, -0.2) is 4.92 Å². The third-order valence-electron chi connectivity index (χ3n) is 2.84. The number of non-ortho nitro benzene ring substituents is 1. The summed E-state index contributed by atoms with van der Waals surface area (Å²) in [5.74, 6) is -0.515. The average Bonchev–Trinajstić information content (AvgIpc) is 2.39. The van der Waals surface area contributed by atoms with E-state index in [2.05, 4.69) is 21.2 Å². The van der Waals surface area contributed by atoms with Crippen LogP contribution in [0.25, 0.3) is 0 Å². The summed E-state index contributed by atoms with van der Waals surface area (Å²) in [6.45, 7) is 2.35. The molecule has 0 amide bonds. The van der Waals surface area contributed by atoms with E-state index in [1.807, 2.05) is 25.1 Å². The summed E-state index contributed by atoms with van der Waals surface area (Å²) in [6, 6.07) is 9.25. The number of aryl methyl sites for hydroxylation is 1. The Hall–Kier alpha value is -1.95. The third-order valence-corrected chi connectivity index (χ3v) is 3.58. The Morgan fingerprint density at radius 2 is 2.05 bits per heavy atom. The van der Waals surface area contributed by atoms with Gasteiger partial charge in [0.15, 0.2) is 0 Å². The van der Waals surface area contributed by atoms with E-state index in [1.165, 1.54) is 6.07 Å². The number of anilines is 1. The van der Waals surface area contributed by atoms with E-state index in [1.54, 1.807) is 0 Å². The molecule has 0 saturated heterocycles. The minimum absolute atomic E-state index is 0.117. The van der Waals surface area contributed by atoms with Crippen molar-refractivity contribution in [2.75, 3.05) is 5.32 Å². The molecular formula is C14H12BrFN2O2. The average molecular weight is 339 g/mol. The van der Waals surface area contributed by atoms with Crippen molar-refractivity contribution < 1.29 is 9.31 Å². The zero-order chi connectivity index (χ0) is 14.7. The molecule has 2 rings (SSSR count). The lowest BCUT2D eigenvalue weighted by atomic mass is 10.1. The fraction of sp³-hybridized carbons (Fsp3) is 0.143. The minimum Gasteiger partial charge on any atom is -0.378 e. The van der Waals surface area contributed by atoms with Crippen molar-refractivity contribution >= 4 is 27.3 Å². The van der Waals surface area contributed by atoms with E-state index in [4.69, 9.17) is 0 Å². The number of nitrogens with zero attached hydrogens (tertiary/aromatic N) is 1. The number of benzene rings is 2. The van der Waals surface area contributed by atoms with Crippen LogP contribution in [0, 0.1) is 22.9 Å². The summed E-state index contributed by atoms with van der Waals surface area (Å²) in [6.07, 6.45) is 0. The van der Waals surface area contributed by atoms with Gasteiger partial charge in [-0.1, -0.05) is 28.1 Å². The molecule has 0 aliphatic carbocycles. The Morgan fingerprint density at radius 1 is 1.30 bits per heavy atom. The van der Waals surface area contributed by atoms with Gasteiger partial charge in [0.05, 0.1) is 10.6 Å². The SMILES string of the molecule is Cc1ccc(CNc2cc([N+](=O)[O-])ccc2F)c(Br)c1. The third kappa shape index (κ3) is 3.33. The van der Waals surface area contributed by atoms with Gasteiger partial charge in [0.2, 0.25) is 0 Å². The van der Waals surface area contributed by atoms with Crippen LogP contribution in [0.1, 0.15) is 11.1 Å². The van der Waals surface area contributed by atoms with E-state index in [0.29, 0.717) is 6.54 Å². The molecule has 0 aliphatic rings. The molecule has 2 aromatic rings. The van der Waals surface area contributed by atoms with Gasteiger partial charge in [-0.25, -0.2) is 4.39 Å². The molecule has 0 bridgehead atoms. The van der Waals surface area contributed by atoms with Gasteiger partial charge in [-0.2, -0.15) is 0 Å². The lowest BCUT2D eigenvalue weighted by molar-refractivity contribution is -0.384. The Labute approximate surface area is 123 Å². The number of nitro groups is 1. The molecule has 1 N–H and O–H groups in total. The number of hydrogen-bond donors (Lipinski definition) is 1. The van der Waals surface area contributed by atoms with Crippen LogP contribution in [0.15, 0.2) is 40.9 Å². The maximum absolute atomic E-state index is 13.6. The molecule has 20 heavy (non-hydrogen) atoms. The van der Waals surface area contributed by atoms with Gasteiger partial charge in [0, 0.05) is 23.2 Å². The number of rotatable bonds is 4. The molecule has 0 saturated carbocycles. The van der Waals surface area contributed by atoms with Crippen molar-refractivity contribution in [1.29, 1.82) is 0 Å². The first-order valence-electron chi connectivity index (χ1n) is 5.90. The van der Waals surface area contributed by atoms with Crippen LogP contribution >= 0.6 is 15.9 Å². The highest BCUT2D eigenvalue weighted by atomic mass is 79.9. The monoisotopic (exact) mass is 338 g/mol. The lowest BCUT2D eigenvalue weighted by Crippen LogP contribution is -2.03. The summed E-state index contributed by atoms with van der Waals surface area (Å²) in [7, 11) is 0. The zero-order valence-corrected chi connectivity index (χ0v) is 12.3. The second kappa shape index (κ2) is 6.00. The van der Waals surface area contributed by atoms with Gasteiger partial charge in [0.25, 0.3) is 5.69 Å². The topological polar surface area (TPSA) is 55.2 Å². The molecule has 104 valence electrons. The second-order valence-electron chi connectivity index (χ2n) is 4.37. The van der Waals surface area contributed by atoms with E-state index in [0.717, 1.165) is 27.7 Å². The van der Waals surface area contributed by atoms with Gasteiger partial charge >= 0.3 is 0 Å². The van der Waals surface area contributed by atoms with Crippen molar-refractivity contribution in [3.63, 3.8) is 0 Å². The van der Waals surface area contributed by atoms with Crippen LogP contribution in [-0.2, 0) is 6.54 Å². The van der Waals surface area contributed by atoms with Crippen LogP contribution in [0.4, 0.5) is 15.8 Å². The van der Waals surface area contributed by atoms with Gasteiger partial charge in [-0.15, -0.1) is 0 Å². The fourth-order valence-corrected chi connectivity index (χ4v) is 2.38. The molecule has 0 spiro atoms. The minimum atomic E-state index is -0.549. The van der Waals surface area contributed by atoms with Gasteiger partial charge in [-0.05, 0) is 30.2 Å².